The van der Waals surface area contributed by atoms with E-state index < -0.39 is 0 Å². The van der Waals surface area contributed by atoms with E-state index in [0.29, 0.717) is 0 Å². The van der Waals surface area contributed by atoms with Crippen molar-refractivity contribution in [1.82, 2.24) is 15.2 Å². The highest BCUT2D eigenvalue weighted by molar-refractivity contribution is 5.03. The summed E-state index contributed by atoms with van der Waals surface area (Å²) in [6.07, 6.45) is 4.05. The van der Waals surface area contributed by atoms with Gasteiger partial charge in [-0.2, -0.15) is 0 Å². The molecule has 1 aromatic heterocycles. The van der Waals surface area contributed by atoms with Crippen LogP contribution in [-0.2, 0) is 11.2 Å². The lowest BCUT2D eigenvalue weighted by molar-refractivity contribution is 0.199. The minimum atomic E-state index is 0.787. The van der Waals surface area contributed by atoms with Gasteiger partial charge in [-0.1, -0.05) is 6.07 Å². The van der Waals surface area contributed by atoms with Crippen molar-refractivity contribution < 1.29 is 4.74 Å². The number of pyridine rings is 1. The average molecular weight is 251 g/mol. The maximum Gasteiger partial charge on any atom is 0.0587 e. The minimum absolute atomic E-state index is 0.787. The molecule has 4 nitrogen and oxygen atoms in total. The summed E-state index contributed by atoms with van der Waals surface area (Å²) in [4.78, 5) is 6.68. The summed E-state index contributed by atoms with van der Waals surface area (Å²) in [6, 6.07) is 6.08. The lowest BCUT2D eigenvalue weighted by Crippen LogP contribution is -2.27. The molecule has 0 atom stereocenters. The molecule has 0 bridgehead atoms. The average Bonchev–Trinajstić information content (AvgIpc) is 2.41. The molecular formula is C14H25N3O. The first kappa shape index (κ1) is 15.1. The Morgan fingerprint density at radius 3 is 2.89 bits per heavy atom. The Balaban J connectivity index is 1.99. The number of methoxy groups -OCH3 is 1. The second-order valence-corrected chi connectivity index (χ2v) is 4.47. The van der Waals surface area contributed by atoms with Gasteiger partial charge in [-0.25, -0.2) is 0 Å². The Morgan fingerprint density at radius 1 is 1.28 bits per heavy atom. The second-order valence-electron chi connectivity index (χ2n) is 4.47. The molecule has 0 saturated heterocycles. The summed E-state index contributed by atoms with van der Waals surface area (Å²) in [5.74, 6) is 0. The predicted molar refractivity (Wildman–Crippen MR) is 74.8 cm³/mol. The Bertz CT molecular complexity index is 292. The van der Waals surface area contributed by atoms with Gasteiger partial charge in [0.2, 0.25) is 0 Å². The minimum Gasteiger partial charge on any atom is -0.383 e. The largest absolute Gasteiger partial charge is 0.383 e. The lowest BCUT2D eigenvalue weighted by Gasteiger charge is -2.16. The monoisotopic (exact) mass is 251 g/mol. The first-order chi connectivity index (χ1) is 8.83. The summed E-state index contributed by atoms with van der Waals surface area (Å²) >= 11 is 0. The molecule has 0 saturated carbocycles. The SMILES string of the molecule is COCCNCCCN(C)CCc1ccccn1. The molecule has 0 amide bonds. The molecule has 18 heavy (non-hydrogen) atoms. The third kappa shape index (κ3) is 7.37. The van der Waals surface area contributed by atoms with Gasteiger partial charge in [0.15, 0.2) is 0 Å². The van der Waals surface area contributed by atoms with Gasteiger partial charge >= 0.3 is 0 Å². The fraction of sp³-hybridized carbons (Fsp3) is 0.643. The van der Waals surface area contributed by atoms with Crippen molar-refractivity contribution in [1.29, 1.82) is 0 Å². The molecule has 1 heterocycles. The maximum atomic E-state index is 4.98. The molecular weight excluding hydrogens is 226 g/mol. The molecule has 0 aliphatic carbocycles. The zero-order valence-corrected chi connectivity index (χ0v) is 11.6. The number of nitrogens with one attached hydrogen (secondary N) is 1. The van der Waals surface area contributed by atoms with Crippen molar-refractivity contribution in [3.05, 3.63) is 30.1 Å². The number of rotatable bonds is 10. The van der Waals surface area contributed by atoms with Crippen LogP contribution in [0.5, 0.6) is 0 Å². The van der Waals surface area contributed by atoms with Crippen molar-refractivity contribution in [2.24, 2.45) is 0 Å². The van der Waals surface area contributed by atoms with E-state index in [-0.39, 0.29) is 0 Å². The fourth-order valence-corrected chi connectivity index (χ4v) is 1.74. The van der Waals surface area contributed by atoms with Crippen LogP contribution in [0.1, 0.15) is 12.1 Å². The van der Waals surface area contributed by atoms with Gasteiger partial charge in [-0.3, -0.25) is 4.98 Å². The van der Waals surface area contributed by atoms with Crippen LogP contribution in [-0.4, -0.2) is 56.8 Å². The van der Waals surface area contributed by atoms with Gasteiger partial charge in [-0.05, 0) is 38.7 Å². The highest BCUT2D eigenvalue weighted by Crippen LogP contribution is 1.96. The van der Waals surface area contributed by atoms with E-state index in [9.17, 15) is 0 Å². The molecule has 0 radical (unpaired) electrons. The summed E-state index contributed by atoms with van der Waals surface area (Å²) in [7, 11) is 3.89. The molecule has 1 rings (SSSR count). The number of hydrogen-bond acceptors (Lipinski definition) is 4. The number of ether oxygens (including phenoxy) is 1. The highest BCUT2D eigenvalue weighted by atomic mass is 16.5. The molecule has 0 fully saturated rings. The summed E-state index contributed by atoms with van der Waals surface area (Å²) in [5, 5.41) is 3.35. The zero-order chi connectivity index (χ0) is 13.1. The molecule has 0 spiro atoms. The third-order valence-electron chi connectivity index (χ3n) is 2.85. The van der Waals surface area contributed by atoms with Crippen molar-refractivity contribution in [2.75, 3.05) is 46.9 Å². The van der Waals surface area contributed by atoms with E-state index in [4.69, 9.17) is 4.74 Å². The van der Waals surface area contributed by atoms with Crippen LogP contribution in [0.3, 0.4) is 0 Å². The maximum absolute atomic E-state index is 4.98. The van der Waals surface area contributed by atoms with E-state index in [0.717, 1.165) is 39.2 Å². The molecule has 0 aliphatic heterocycles. The predicted octanol–water partition coefficient (Wildman–Crippen LogP) is 1.18. The summed E-state index contributed by atoms with van der Waals surface area (Å²) in [5.41, 5.74) is 1.17. The quantitative estimate of drug-likeness (QED) is 0.634. The highest BCUT2D eigenvalue weighted by Gasteiger charge is 1.99. The van der Waals surface area contributed by atoms with Gasteiger partial charge < -0.3 is 15.0 Å². The number of hydrogen-bond donors (Lipinski definition) is 1. The Hall–Kier alpha value is -0.970. The Labute approximate surface area is 110 Å². The van der Waals surface area contributed by atoms with Crippen LogP contribution in [0.2, 0.25) is 0 Å². The van der Waals surface area contributed by atoms with Crippen molar-refractivity contribution in [3.63, 3.8) is 0 Å². The van der Waals surface area contributed by atoms with Crippen molar-refractivity contribution >= 4 is 0 Å². The lowest BCUT2D eigenvalue weighted by atomic mass is 10.2. The van der Waals surface area contributed by atoms with Crippen LogP contribution in [0.4, 0.5) is 0 Å². The number of aromatic nitrogens is 1. The van der Waals surface area contributed by atoms with Gasteiger partial charge in [0, 0.05) is 38.5 Å². The van der Waals surface area contributed by atoms with Crippen LogP contribution >= 0.6 is 0 Å². The van der Waals surface area contributed by atoms with Gasteiger partial charge in [0.25, 0.3) is 0 Å². The van der Waals surface area contributed by atoms with Crippen LogP contribution < -0.4 is 5.32 Å². The van der Waals surface area contributed by atoms with E-state index in [1.807, 2.05) is 18.3 Å². The molecule has 4 heteroatoms. The summed E-state index contributed by atoms with van der Waals surface area (Å²) < 4.78 is 4.98. The smallest absolute Gasteiger partial charge is 0.0587 e. The Kier molecular flexibility index (Phi) is 8.38. The molecule has 1 N–H and O–H groups in total. The van der Waals surface area contributed by atoms with E-state index >= 15 is 0 Å². The standard InChI is InChI=1S/C14H25N3O/c1-17(11-5-8-15-10-13-18-2)12-7-14-6-3-4-9-16-14/h3-4,6,9,15H,5,7-8,10-13H2,1-2H3. The van der Waals surface area contributed by atoms with Crippen LogP contribution in [0.25, 0.3) is 0 Å². The first-order valence-corrected chi connectivity index (χ1v) is 6.61. The second kappa shape index (κ2) is 10.00. The van der Waals surface area contributed by atoms with E-state index in [2.05, 4.69) is 28.3 Å². The topological polar surface area (TPSA) is 37.4 Å². The molecule has 1 aromatic rings. The summed E-state index contributed by atoms with van der Waals surface area (Å²) in [6.45, 7) is 4.96. The Morgan fingerprint density at radius 2 is 2.17 bits per heavy atom. The van der Waals surface area contributed by atoms with Gasteiger partial charge in [0.05, 0.1) is 6.61 Å². The molecule has 0 aromatic carbocycles. The molecule has 0 aliphatic rings. The normalized spacial score (nSPS) is 11.1. The molecule has 0 unspecified atom stereocenters. The molecule has 102 valence electrons. The van der Waals surface area contributed by atoms with Crippen LogP contribution in [0, 0.1) is 0 Å². The zero-order valence-electron chi connectivity index (χ0n) is 11.6. The van der Waals surface area contributed by atoms with E-state index in [1.165, 1.54) is 12.1 Å². The van der Waals surface area contributed by atoms with Crippen molar-refractivity contribution in [3.8, 4) is 0 Å². The fourth-order valence-electron chi connectivity index (χ4n) is 1.74. The van der Waals surface area contributed by atoms with Crippen LogP contribution in [0.15, 0.2) is 24.4 Å². The van der Waals surface area contributed by atoms with E-state index in [1.54, 1.807) is 7.11 Å². The first-order valence-electron chi connectivity index (χ1n) is 6.61. The number of nitrogens with zero attached hydrogens (tertiary/aromatic N) is 2. The van der Waals surface area contributed by atoms with Gasteiger partial charge in [-0.15, -0.1) is 0 Å². The van der Waals surface area contributed by atoms with Gasteiger partial charge in [0.1, 0.15) is 0 Å². The number of likely N-dealkylation sites (N-methyl/N-ethyl adjacent to an activating group) is 1. The van der Waals surface area contributed by atoms with Crippen molar-refractivity contribution in [2.45, 2.75) is 12.8 Å². The third-order valence-corrected chi connectivity index (χ3v) is 2.85.